The summed E-state index contributed by atoms with van der Waals surface area (Å²) in [4.78, 5) is 37.0. The van der Waals surface area contributed by atoms with E-state index in [0.717, 1.165) is 0 Å². The fraction of sp³-hybridized carbons (Fsp3) is 0.750. The van der Waals surface area contributed by atoms with Gasteiger partial charge in [-0.2, -0.15) is 0 Å². The lowest BCUT2D eigenvalue weighted by Gasteiger charge is -2.39. The van der Waals surface area contributed by atoms with E-state index in [1.807, 2.05) is 13.8 Å². The number of aliphatic hydroxyl groups excluding tert-OH is 1. The Hall–Kier alpha value is -1.73. The van der Waals surface area contributed by atoms with Gasteiger partial charge in [-0.05, 0) is 32.1 Å². The molecule has 27 heavy (non-hydrogen) atoms. The maximum absolute atomic E-state index is 12.6. The Morgan fingerprint density at radius 3 is 2.63 bits per heavy atom. The zero-order chi connectivity index (χ0) is 20.5. The number of esters is 2. The van der Waals surface area contributed by atoms with E-state index >= 15 is 0 Å². The van der Waals surface area contributed by atoms with Crippen LogP contribution in [0.25, 0.3) is 0 Å². The molecule has 0 aromatic rings. The van der Waals surface area contributed by atoms with Crippen LogP contribution in [0.1, 0.15) is 53.4 Å². The summed E-state index contributed by atoms with van der Waals surface area (Å²) in [5.74, 6) is -3.14. The minimum atomic E-state index is -1.51. The van der Waals surface area contributed by atoms with Crippen molar-refractivity contribution in [3.63, 3.8) is 0 Å². The number of ether oxygens (including phenoxy) is 2. The number of carbonyl (C=O) groups is 3. The average Bonchev–Trinajstić information content (AvgIpc) is 2.84. The molecule has 1 saturated heterocycles. The van der Waals surface area contributed by atoms with Gasteiger partial charge in [0.05, 0.1) is 5.92 Å². The summed E-state index contributed by atoms with van der Waals surface area (Å²) < 4.78 is 10.9. The van der Waals surface area contributed by atoms with Crippen molar-refractivity contribution in [1.82, 2.24) is 0 Å². The molecule has 2 rings (SSSR count). The monoisotopic (exact) mass is 382 g/mol. The normalized spacial score (nSPS) is 37.7. The molecular formula is C20H30O7. The smallest absolute Gasteiger partial charge is 0.334 e. The number of rotatable bonds is 3. The maximum atomic E-state index is 12.6. The molecule has 0 bridgehead atoms. The zero-order valence-electron chi connectivity index (χ0n) is 16.4. The second-order valence-electron chi connectivity index (χ2n) is 8.43. The number of Topliss-reactive ketones (excluding diaryl/α,β-unsaturated/α-hetero) is 1. The molecule has 2 aliphatic rings. The first-order valence-electron chi connectivity index (χ1n) is 9.49. The van der Waals surface area contributed by atoms with E-state index in [2.05, 4.69) is 6.58 Å². The number of carbonyl (C=O) groups excluding carboxylic acids is 3. The molecule has 0 aromatic heterocycles. The fourth-order valence-electron chi connectivity index (χ4n) is 3.82. The molecular weight excluding hydrogens is 352 g/mol. The van der Waals surface area contributed by atoms with Gasteiger partial charge in [0.1, 0.15) is 11.7 Å². The second-order valence-corrected chi connectivity index (χ2v) is 8.43. The molecule has 0 unspecified atom stereocenters. The Bertz CT molecular complexity index is 622. The Kier molecular flexibility index (Phi) is 6.47. The van der Waals surface area contributed by atoms with Gasteiger partial charge < -0.3 is 19.7 Å². The zero-order valence-corrected chi connectivity index (χ0v) is 16.4. The summed E-state index contributed by atoms with van der Waals surface area (Å²) in [6.07, 6.45) is -2.52. The van der Waals surface area contributed by atoms with Crippen LogP contribution in [0.5, 0.6) is 0 Å². The molecule has 1 aliphatic carbocycles. The van der Waals surface area contributed by atoms with Crippen LogP contribution in [0.15, 0.2) is 12.2 Å². The van der Waals surface area contributed by atoms with E-state index in [1.165, 1.54) is 6.92 Å². The lowest BCUT2D eigenvalue weighted by Crippen LogP contribution is -2.55. The van der Waals surface area contributed by atoms with Crippen LogP contribution >= 0.6 is 0 Å². The summed E-state index contributed by atoms with van der Waals surface area (Å²) in [5.41, 5.74) is -1.53. The lowest BCUT2D eigenvalue weighted by atomic mass is 9.76. The van der Waals surface area contributed by atoms with Gasteiger partial charge in [-0.15, -0.1) is 0 Å². The molecule has 1 heterocycles. The van der Waals surface area contributed by atoms with Crippen LogP contribution in [-0.4, -0.2) is 51.8 Å². The number of fused-ring (bicyclic) bond motifs is 1. The summed E-state index contributed by atoms with van der Waals surface area (Å²) in [6.45, 7) is 10.6. The largest absolute Gasteiger partial charge is 0.455 e. The Balaban J connectivity index is 2.43. The van der Waals surface area contributed by atoms with Crippen molar-refractivity contribution < 1.29 is 34.1 Å². The van der Waals surface area contributed by atoms with E-state index in [4.69, 9.17) is 9.47 Å². The molecule has 7 heteroatoms. The molecule has 0 radical (unpaired) electrons. The minimum absolute atomic E-state index is 0.0469. The van der Waals surface area contributed by atoms with E-state index in [1.54, 1.807) is 6.92 Å². The van der Waals surface area contributed by atoms with Crippen LogP contribution in [0, 0.1) is 17.8 Å². The molecule has 152 valence electrons. The Labute approximate surface area is 159 Å². The highest BCUT2D eigenvalue weighted by Gasteiger charge is 2.55. The summed E-state index contributed by atoms with van der Waals surface area (Å²) >= 11 is 0. The first-order valence-corrected chi connectivity index (χ1v) is 9.49. The van der Waals surface area contributed by atoms with Gasteiger partial charge in [-0.25, -0.2) is 4.79 Å². The standard InChI is InChI=1S/C20H30O7/c1-10(2)9-13(21)26-18-17-14(12(4)19(24)27-17)16(23)15(22)11(3)7-6-8-20(18,5)25/h10-11,14,16-18,23,25H,4,6-9H2,1-3,5H3/t11-,14-,16-,17+,18-,20+/m0/s1. The van der Waals surface area contributed by atoms with E-state index in [0.29, 0.717) is 12.8 Å². The van der Waals surface area contributed by atoms with Crippen LogP contribution in [0.3, 0.4) is 0 Å². The predicted octanol–water partition coefficient (Wildman–Crippen LogP) is 1.54. The van der Waals surface area contributed by atoms with Crippen LogP contribution < -0.4 is 0 Å². The third-order valence-corrected chi connectivity index (χ3v) is 5.44. The van der Waals surface area contributed by atoms with Gasteiger partial charge in [0.2, 0.25) is 0 Å². The Morgan fingerprint density at radius 1 is 1.41 bits per heavy atom. The van der Waals surface area contributed by atoms with Crippen molar-refractivity contribution in [2.24, 2.45) is 17.8 Å². The Morgan fingerprint density at radius 2 is 2.04 bits per heavy atom. The molecule has 0 spiro atoms. The van der Waals surface area contributed by atoms with Gasteiger partial charge in [-0.3, -0.25) is 9.59 Å². The lowest BCUT2D eigenvalue weighted by molar-refractivity contribution is -0.191. The van der Waals surface area contributed by atoms with Crippen LogP contribution in [-0.2, 0) is 23.9 Å². The first-order chi connectivity index (χ1) is 12.5. The number of aliphatic hydroxyl groups is 2. The SMILES string of the molecule is C=C1C(=O)O[C@@H]2[C@@H]1[C@H](O)C(=O)[C@@H](C)CCC[C@@](C)(O)[C@H]2OC(=O)CC(C)C. The topological polar surface area (TPSA) is 110 Å². The third-order valence-electron chi connectivity index (χ3n) is 5.44. The molecule has 6 atom stereocenters. The highest BCUT2D eigenvalue weighted by atomic mass is 16.6. The first kappa shape index (κ1) is 21.6. The van der Waals surface area contributed by atoms with Crippen molar-refractivity contribution in [3.8, 4) is 0 Å². The minimum Gasteiger partial charge on any atom is -0.455 e. The van der Waals surface area contributed by atoms with Gasteiger partial charge in [0, 0.05) is 17.9 Å². The van der Waals surface area contributed by atoms with Crippen LogP contribution in [0.4, 0.5) is 0 Å². The summed E-state index contributed by atoms with van der Waals surface area (Å²) in [7, 11) is 0. The van der Waals surface area contributed by atoms with Gasteiger partial charge in [0.15, 0.2) is 18.0 Å². The van der Waals surface area contributed by atoms with Crippen molar-refractivity contribution in [1.29, 1.82) is 0 Å². The third kappa shape index (κ3) is 4.58. The molecule has 0 amide bonds. The van der Waals surface area contributed by atoms with E-state index in [-0.39, 0.29) is 24.3 Å². The maximum Gasteiger partial charge on any atom is 0.334 e. The fourth-order valence-corrected chi connectivity index (χ4v) is 3.82. The molecule has 1 saturated carbocycles. The number of hydrogen-bond donors (Lipinski definition) is 2. The van der Waals surface area contributed by atoms with Crippen molar-refractivity contribution in [3.05, 3.63) is 12.2 Å². The molecule has 2 N–H and O–H groups in total. The molecule has 2 fully saturated rings. The summed E-state index contributed by atoms with van der Waals surface area (Å²) in [6, 6.07) is 0. The van der Waals surface area contributed by atoms with Crippen molar-refractivity contribution >= 4 is 17.7 Å². The van der Waals surface area contributed by atoms with E-state index < -0.39 is 53.5 Å². The van der Waals surface area contributed by atoms with Gasteiger partial charge in [0.25, 0.3) is 0 Å². The van der Waals surface area contributed by atoms with Crippen LogP contribution in [0.2, 0.25) is 0 Å². The highest BCUT2D eigenvalue weighted by Crippen LogP contribution is 2.40. The second kappa shape index (κ2) is 8.10. The van der Waals surface area contributed by atoms with Gasteiger partial charge in [-0.1, -0.05) is 27.4 Å². The van der Waals surface area contributed by atoms with Gasteiger partial charge >= 0.3 is 11.9 Å². The molecule has 7 nitrogen and oxygen atoms in total. The molecule has 1 aliphatic heterocycles. The van der Waals surface area contributed by atoms with Crippen molar-refractivity contribution in [2.75, 3.05) is 0 Å². The molecule has 0 aromatic carbocycles. The summed E-state index contributed by atoms with van der Waals surface area (Å²) in [5, 5.41) is 21.7. The number of hydrogen-bond acceptors (Lipinski definition) is 7. The predicted molar refractivity (Wildman–Crippen MR) is 96.5 cm³/mol. The highest BCUT2D eigenvalue weighted by molar-refractivity contribution is 5.94. The number of ketones is 1. The quantitative estimate of drug-likeness (QED) is 0.563. The van der Waals surface area contributed by atoms with Crippen molar-refractivity contribution in [2.45, 2.75) is 77.3 Å². The van der Waals surface area contributed by atoms with E-state index in [9.17, 15) is 24.6 Å². The average molecular weight is 382 g/mol.